The molecule has 0 atom stereocenters. The van der Waals surface area contributed by atoms with Crippen molar-refractivity contribution in [2.75, 3.05) is 13.7 Å². The second-order valence-electron chi connectivity index (χ2n) is 6.46. The summed E-state index contributed by atoms with van der Waals surface area (Å²) in [6.45, 7) is 0.564. The van der Waals surface area contributed by atoms with E-state index in [1.807, 2.05) is 6.07 Å². The fourth-order valence-corrected chi connectivity index (χ4v) is 2.83. The van der Waals surface area contributed by atoms with Crippen LogP contribution in [-0.4, -0.2) is 29.2 Å². The average Bonchev–Trinajstić information content (AvgIpc) is 3.30. The zero-order chi connectivity index (χ0) is 21.3. The van der Waals surface area contributed by atoms with Gasteiger partial charge in [0.15, 0.2) is 11.5 Å². The first kappa shape index (κ1) is 20.9. The molecule has 3 rings (SSSR count). The van der Waals surface area contributed by atoms with Crippen molar-refractivity contribution in [1.82, 2.24) is 14.9 Å². The first-order chi connectivity index (χ1) is 14.6. The number of halogens is 1. The first-order valence-electron chi connectivity index (χ1n) is 9.35. The van der Waals surface area contributed by atoms with E-state index < -0.39 is 0 Å². The van der Waals surface area contributed by atoms with Crippen molar-refractivity contribution in [2.45, 2.75) is 19.4 Å². The van der Waals surface area contributed by atoms with E-state index in [-0.39, 0.29) is 24.7 Å². The Bertz CT molecular complexity index is 1050. The van der Waals surface area contributed by atoms with E-state index in [0.29, 0.717) is 41.3 Å². The van der Waals surface area contributed by atoms with Gasteiger partial charge in [0.1, 0.15) is 5.82 Å². The minimum absolute atomic E-state index is 0.149. The molecule has 3 aromatic rings. The normalized spacial score (nSPS) is 10.3. The maximum absolute atomic E-state index is 14.3. The van der Waals surface area contributed by atoms with Gasteiger partial charge in [-0.05, 0) is 36.2 Å². The van der Waals surface area contributed by atoms with Gasteiger partial charge in [0.2, 0.25) is 5.91 Å². The quantitative estimate of drug-likeness (QED) is 0.549. The van der Waals surface area contributed by atoms with Gasteiger partial charge in [-0.15, -0.1) is 0 Å². The van der Waals surface area contributed by atoms with Crippen LogP contribution in [0, 0.1) is 17.1 Å². The van der Waals surface area contributed by atoms with Crippen LogP contribution < -0.4 is 14.8 Å². The molecule has 154 valence electrons. The molecule has 0 unspecified atom stereocenters. The molecule has 0 aliphatic heterocycles. The zero-order valence-electron chi connectivity index (χ0n) is 16.5. The van der Waals surface area contributed by atoms with Crippen LogP contribution in [0.5, 0.6) is 11.5 Å². The molecular formula is C22H21FN4O3. The van der Waals surface area contributed by atoms with Gasteiger partial charge < -0.3 is 19.4 Å². The minimum Gasteiger partial charge on any atom is -0.493 e. The fraction of sp³-hybridized carbons (Fsp3) is 0.227. The van der Waals surface area contributed by atoms with E-state index >= 15 is 0 Å². The van der Waals surface area contributed by atoms with E-state index in [1.165, 1.54) is 19.5 Å². The van der Waals surface area contributed by atoms with Gasteiger partial charge in [-0.3, -0.25) is 4.79 Å². The van der Waals surface area contributed by atoms with Crippen LogP contribution in [0.4, 0.5) is 4.39 Å². The van der Waals surface area contributed by atoms with E-state index in [9.17, 15) is 9.18 Å². The van der Waals surface area contributed by atoms with Gasteiger partial charge in [0, 0.05) is 31.4 Å². The predicted octanol–water partition coefficient (Wildman–Crippen LogP) is 3.37. The Labute approximate surface area is 173 Å². The molecule has 0 bridgehead atoms. The molecule has 0 spiro atoms. The number of imidazole rings is 1. The summed E-state index contributed by atoms with van der Waals surface area (Å²) in [7, 11) is 1.50. The molecule has 0 fully saturated rings. The standard InChI is InChI=1S/C22H21FN4O3/c1-29-21-12-16(13-24)5-7-20(21)30-10-2-3-22(28)26-14-17-4-6-19(18(23)11-17)27-9-8-25-15-27/h4-9,11-12,15H,2-3,10,14H2,1H3,(H,26,28). The van der Waals surface area contributed by atoms with Gasteiger partial charge in [-0.25, -0.2) is 9.37 Å². The van der Waals surface area contributed by atoms with Gasteiger partial charge in [-0.1, -0.05) is 6.07 Å². The van der Waals surface area contributed by atoms with Crippen molar-refractivity contribution < 1.29 is 18.7 Å². The monoisotopic (exact) mass is 408 g/mol. The lowest BCUT2D eigenvalue weighted by atomic mass is 10.2. The number of hydrogen-bond donors (Lipinski definition) is 1. The maximum Gasteiger partial charge on any atom is 0.220 e. The number of carbonyl (C=O) groups is 1. The Morgan fingerprint density at radius 2 is 2.13 bits per heavy atom. The van der Waals surface area contributed by atoms with Crippen molar-refractivity contribution in [3.05, 3.63) is 72.1 Å². The second-order valence-corrected chi connectivity index (χ2v) is 6.46. The van der Waals surface area contributed by atoms with Crippen molar-refractivity contribution in [2.24, 2.45) is 0 Å². The molecule has 1 N–H and O–H groups in total. The van der Waals surface area contributed by atoms with Gasteiger partial charge in [0.25, 0.3) is 0 Å². The van der Waals surface area contributed by atoms with Crippen molar-refractivity contribution >= 4 is 5.91 Å². The highest BCUT2D eigenvalue weighted by molar-refractivity contribution is 5.75. The summed E-state index contributed by atoms with van der Waals surface area (Å²) in [5, 5.41) is 11.7. The number of nitriles is 1. The Balaban J connectivity index is 1.42. The number of rotatable bonds is 9. The molecule has 0 aliphatic carbocycles. The Morgan fingerprint density at radius 3 is 2.83 bits per heavy atom. The van der Waals surface area contributed by atoms with Crippen LogP contribution in [0.15, 0.2) is 55.1 Å². The van der Waals surface area contributed by atoms with E-state index in [1.54, 1.807) is 47.3 Å². The van der Waals surface area contributed by atoms with E-state index in [0.717, 1.165) is 0 Å². The number of aromatic nitrogens is 2. The van der Waals surface area contributed by atoms with Crippen LogP contribution in [0.25, 0.3) is 5.69 Å². The molecule has 0 saturated heterocycles. The third kappa shape index (κ3) is 5.35. The Morgan fingerprint density at radius 1 is 1.27 bits per heavy atom. The third-order valence-electron chi connectivity index (χ3n) is 4.38. The van der Waals surface area contributed by atoms with Gasteiger partial charge in [-0.2, -0.15) is 5.26 Å². The lowest BCUT2D eigenvalue weighted by molar-refractivity contribution is -0.121. The topological polar surface area (TPSA) is 89.2 Å². The summed E-state index contributed by atoms with van der Waals surface area (Å²) >= 11 is 0. The SMILES string of the molecule is COc1cc(C#N)ccc1OCCCC(=O)NCc1ccc(-n2ccnc2)c(F)c1. The van der Waals surface area contributed by atoms with Crippen LogP contribution >= 0.6 is 0 Å². The summed E-state index contributed by atoms with van der Waals surface area (Å²) in [5.74, 6) is 0.457. The highest BCUT2D eigenvalue weighted by Gasteiger charge is 2.08. The number of amides is 1. The number of ether oxygens (including phenoxy) is 2. The molecule has 0 aliphatic rings. The average molecular weight is 408 g/mol. The third-order valence-corrected chi connectivity index (χ3v) is 4.38. The zero-order valence-corrected chi connectivity index (χ0v) is 16.5. The highest BCUT2D eigenvalue weighted by atomic mass is 19.1. The van der Waals surface area contributed by atoms with Crippen LogP contribution in [0.1, 0.15) is 24.0 Å². The van der Waals surface area contributed by atoms with Crippen LogP contribution in [0.3, 0.4) is 0 Å². The van der Waals surface area contributed by atoms with Crippen molar-refractivity contribution in [1.29, 1.82) is 5.26 Å². The molecule has 0 radical (unpaired) electrons. The number of nitrogens with zero attached hydrogens (tertiary/aromatic N) is 3. The summed E-state index contributed by atoms with van der Waals surface area (Å²) in [4.78, 5) is 15.9. The van der Waals surface area contributed by atoms with Crippen LogP contribution in [0.2, 0.25) is 0 Å². The van der Waals surface area contributed by atoms with Gasteiger partial charge in [0.05, 0.1) is 37.4 Å². The summed E-state index contributed by atoms with van der Waals surface area (Å²) in [6, 6.07) is 11.8. The Hall–Kier alpha value is -3.86. The first-order valence-corrected chi connectivity index (χ1v) is 9.35. The van der Waals surface area contributed by atoms with Gasteiger partial charge >= 0.3 is 0 Å². The lowest BCUT2D eigenvalue weighted by Crippen LogP contribution is -2.23. The summed E-state index contributed by atoms with van der Waals surface area (Å²) in [6.07, 6.45) is 5.54. The molecule has 1 amide bonds. The lowest BCUT2D eigenvalue weighted by Gasteiger charge is -2.11. The highest BCUT2D eigenvalue weighted by Crippen LogP contribution is 2.27. The Kier molecular flexibility index (Phi) is 7.00. The van der Waals surface area contributed by atoms with Crippen molar-refractivity contribution in [3.63, 3.8) is 0 Å². The largest absolute Gasteiger partial charge is 0.493 e. The van der Waals surface area contributed by atoms with E-state index in [4.69, 9.17) is 14.7 Å². The molecule has 1 aromatic heterocycles. The second kappa shape index (κ2) is 10.1. The number of hydrogen-bond acceptors (Lipinski definition) is 5. The smallest absolute Gasteiger partial charge is 0.220 e. The van der Waals surface area contributed by atoms with Crippen molar-refractivity contribution in [3.8, 4) is 23.3 Å². The number of nitrogens with one attached hydrogen (secondary N) is 1. The number of benzene rings is 2. The summed E-state index contributed by atoms with van der Waals surface area (Å²) < 4.78 is 26.7. The molecule has 8 heteroatoms. The molecule has 30 heavy (non-hydrogen) atoms. The fourth-order valence-electron chi connectivity index (χ4n) is 2.83. The molecule has 7 nitrogen and oxygen atoms in total. The number of carbonyl (C=O) groups excluding carboxylic acids is 1. The molecular weight excluding hydrogens is 387 g/mol. The molecule has 0 saturated carbocycles. The molecule has 2 aromatic carbocycles. The summed E-state index contributed by atoms with van der Waals surface area (Å²) in [5.41, 5.74) is 1.55. The number of methoxy groups -OCH3 is 1. The van der Waals surface area contributed by atoms with Crippen LogP contribution in [-0.2, 0) is 11.3 Å². The van der Waals surface area contributed by atoms with E-state index in [2.05, 4.69) is 10.3 Å². The molecule has 1 heterocycles. The minimum atomic E-state index is -0.385. The predicted molar refractivity (Wildman–Crippen MR) is 108 cm³/mol. The maximum atomic E-state index is 14.3.